The molecule has 0 aliphatic carbocycles. The molecule has 0 aromatic rings. The predicted octanol–water partition coefficient (Wildman–Crippen LogP) is 0.928. The second kappa shape index (κ2) is 3.05. The van der Waals surface area contributed by atoms with Crippen LogP contribution in [0.4, 0.5) is 0 Å². The zero-order chi connectivity index (χ0) is 6.73. The standard InChI is InChI=1S/C6H13O2/c1-4(2)6(8)5(3)7/h4-5,7-8H,1-3H3. The number of hydrogen-bond acceptors (Lipinski definition) is 2. The van der Waals surface area contributed by atoms with Crippen molar-refractivity contribution in [2.75, 3.05) is 0 Å². The maximum atomic E-state index is 8.87. The van der Waals surface area contributed by atoms with Crippen LogP contribution in [0.15, 0.2) is 0 Å². The highest BCUT2D eigenvalue weighted by molar-refractivity contribution is 4.84. The molecule has 2 nitrogen and oxygen atoms in total. The summed E-state index contributed by atoms with van der Waals surface area (Å²) in [4.78, 5) is 0. The molecular weight excluding hydrogens is 104 g/mol. The molecule has 2 heteroatoms. The normalized spacial score (nSPS) is 15.4. The average Bonchev–Trinajstić information content (AvgIpc) is 1.64. The molecule has 0 fully saturated rings. The van der Waals surface area contributed by atoms with Crippen molar-refractivity contribution in [3.8, 4) is 0 Å². The maximum absolute atomic E-state index is 8.87. The van der Waals surface area contributed by atoms with Crippen LogP contribution in [-0.4, -0.2) is 16.3 Å². The highest BCUT2D eigenvalue weighted by atomic mass is 16.3. The summed E-state index contributed by atoms with van der Waals surface area (Å²) in [6.45, 7) is 5.22. The van der Waals surface area contributed by atoms with Crippen LogP contribution in [0.3, 0.4) is 0 Å². The third-order valence-corrected chi connectivity index (χ3v) is 1.02. The van der Waals surface area contributed by atoms with E-state index in [-0.39, 0.29) is 12.0 Å². The zero-order valence-corrected chi connectivity index (χ0v) is 5.55. The lowest BCUT2D eigenvalue weighted by Crippen LogP contribution is -2.18. The Bertz CT molecular complexity index is 51.5. The Morgan fingerprint density at radius 3 is 1.62 bits per heavy atom. The van der Waals surface area contributed by atoms with Gasteiger partial charge in [0.1, 0.15) is 6.10 Å². The van der Waals surface area contributed by atoms with Gasteiger partial charge in [-0.3, -0.25) is 0 Å². The molecule has 0 saturated heterocycles. The first-order valence-electron chi connectivity index (χ1n) is 2.79. The highest BCUT2D eigenvalue weighted by Crippen LogP contribution is 2.12. The number of aliphatic hydroxyl groups excluding tert-OH is 2. The summed E-state index contributed by atoms with van der Waals surface area (Å²) in [5.41, 5.74) is 0. The van der Waals surface area contributed by atoms with Crippen molar-refractivity contribution in [2.45, 2.75) is 26.9 Å². The minimum Gasteiger partial charge on any atom is -0.390 e. The van der Waals surface area contributed by atoms with Gasteiger partial charge in [-0.05, 0) is 12.8 Å². The first-order valence-corrected chi connectivity index (χ1v) is 2.79. The van der Waals surface area contributed by atoms with E-state index in [0.717, 1.165) is 0 Å². The third-order valence-electron chi connectivity index (χ3n) is 1.02. The lowest BCUT2D eigenvalue weighted by molar-refractivity contribution is 0.0869. The summed E-state index contributed by atoms with van der Waals surface area (Å²) in [6.07, 6.45) is -0.528. The Hall–Kier alpha value is -0.0800. The molecule has 0 aromatic carbocycles. The molecule has 0 spiro atoms. The summed E-state index contributed by atoms with van der Waals surface area (Å²) in [6, 6.07) is 0. The molecule has 0 aliphatic heterocycles. The lowest BCUT2D eigenvalue weighted by atomic mass is 10.0. The van der Waals surface area contributed by atoms with Gasteiger partial charge in [0.2, 0.25) is 0 Å². The van der Waals surface area contributed by atoms with Gasteiger partial charge in [0.15, 0.2) is 0 Å². The second-order valence-electron chi connectivity index (χ2n) is 2.26. The first kappa shape index (κ1) is 7.92. The van der Waals surface area contributed by atoms with Gasteiger partial charge in [-0.2, -0.15) is 0 Å². The van der Waals surface area contributed by atoms with E-state index in [1.54, 1.807) is 6.92 Å². The minimum atomic E-state index is -0.685. The van der Waals surface area contributed by atoms with Crippen molar-refractivity contribution >= 4 is 0 Å². The zero-order valence-electron chi connectivity index (χ0n) is 5.55. The van der Waals surface area contributed by atoms with Crippen LogP contribution in [0.1, 0.15) is 20.8 Å². The molecule has 0 amide bonds. The van der Waals surface area contributed by atoms with E-state index >= 15 is 0 Å². The molecule has 0 aromatic heterocycles. The van der Waals surface area contributed by atoms with Crippen LogP contribution in [-0.2, 0) is 0 Å². The van der Waals surface area contributed by atoms with Gasteiger partial charge in [-0.1, -0.05) is 13.8 Å². The smallest absolute Gasteiger partial charge is 0.124 e. The molecule has 0 saturated carbocycles. The van der Waals surface area contributed by atoms with E-state index in [0.29, 0.717) is 0 Å². The van der Waals surface area contributed by atoms with Gasteiger partial charge in [0, 0.05) is 0 Å². The van der Waals surface area contributed by atoms with Crippen LogP contribution in [0.25, 0.3) is 0 Å². The van der Waals surface area contributed by atoms with Crippen molar-refractivity contribution in [3.05, 3.63) is 6.10 Å². The summed E-state index contributed by atoms with van der Waals surface area (Å²) in [5, 5.41) is 17.6. The van der Waals surface area contributed by atoms with Gasteiger partial charge in [-0.15, -0.1) is 0 Å². The average molecular weight is 117 g/mol. The summed E-state index contributed by atoms with van der Waals surface area (Å²) >= 11 is 0. The van der Waals surface area contributed by atoms with Crippen LogP contribution in [0.5, 0.6) is 0 Å². The molecule has 0 rings (SSSR count). The van der Waals surface area contributed by atoms with Gasteiger partial charge in [0.05, 0.1) is 6.10 Å². The fourth-order valence-electron chi connectivity index (χ4n) is 0.482. The first-order chi connectivity index (χ1) is 3.55. The Labute approximate surface area is 50.2 Å². The van der Waals surface area contributed by atoms with E-state index in [2.05, 4.69) is 0 Å². The summed E-state index contributed by atoms with van der Waals surface area (Å²) in [7, 11) is 0. The molecule has 1 radical (unpaired) electrons. The fourth-order valence-corrected chi connectivity index (χ4v) is 0.482. The van der Waals surface area contributed by atoms with Crippen molar-refractivity contribution in [1.82, 2.24) is 0 Å². The van der Waals surface area contributed by atoms with Gasteiger partial charge < -0.3 is 10.2 Å². The molecule has 8 heavy (non-hydrogen) atoms. The Morgan fingerprint density at radius 2 is 1.62 bits per heavy atom. The molecule has 0 bridgehead atoms. The largest absolute Gasteiger partial charge is 0.390 e. The molecular formula is C6H13O2. The highest BCUT2D eigenvalue weighted by Gasteiger charge is 2.15. The van der Waals surface area contributed by atoms with Crippen LogP contribution in [0.2, 0.25) is 0 Å². The second-order valence-corrected chi connectivity index (χ2v) is 2.26. The van der Waals surface area contributed by atoms with E-state index in [4.69, 9.17) is 10.2 Å². The monoisotopic (exact) mass is 117 g/mol. The van der Waals surface area contributed by atoms with Gasteiger partial charge in [0.25, 0.3) is 0 Å². The Balaban J connectivity index is 3.46. The molecule has 0 aliphatic rings. The van der Waals surface area contributed by atoms with Crippen LogP contribution < -0.4 is 0 Å². The third kappa shape index (κ3) is 2.28. The summed E-state index contributed by atoms with van der Waals surface area (Å²) < 4.78 is 0. The quantitative estimate of drug-likeness (QED) is 0.564. The van der Waals surface area contributed by atoms with Crippen LogP contribution >= 0.6 is 0 Å². The van der Waals surface area contributed by atoms with Gasteiger partial charge >= 0.3 is 0 Å². The Kier molecular flexibility index (Phi) is 3.02. The molecule has 2 N–H and O–H groups in total. The van der Waals surface area contributed by atoms with E-state index < -0.39 is 6.10 Å². The van der Waals surface area contributed by atoms with Crippen molar-refractivity contribution in [3.63, 3.8) is 0 Å². The topological polar surface area (TPSA) is 40.5 Å². The Morgan fingerprint density at radius 1 is 1.25 bits per heavy atom. The van der Waals surface area contributed by atoms with Crippen molar-refractivity contribution in [1.29, 1.82) is 0 Å². The number of aliphatic hydroxyl groups is 2. The van der Waals surface area contributed by atoms with E-state index in [1.165, 1.54) is 0 Å². The minimum absolute atomic E-state index is 0.0648. The maximum Gasteiger partial charge on any atom is 0.124 e. The molecule has 1 atom stereocenters. The lowest BCUT2D eigenvalue weighted by Gasteiger charge is -2.14. The molecule has 0 heterocycles. The van der Waals surface area contributed by atoms with Crippen LogP contribution in [0, 0.1) is 12.0 Å². The number of rotatable bonds is 2. The van der Waals surface area contributed by atoms with Crippen molar-refractivity contribution in [2.24, 2.45) is 5.92 Å². The predicted molar refractivity (Wildman–Crippen MR) is 31.7 cm³/mol. The fraction of sp³-hybridized carbons (Fsp3) is 0.833. The SMILES string of the molecule is CC(C)[C](O)C(C)O. The number of hydrogen-bond donors (Lipinski definition) is 2. The van der Waals surface area contributed by atoms with E-state index in [1.807, 2.05) is 13.8 Å². The van der Waals surface area contributed by atoms with Crippen molar-refractivity contribution < 1.29 is 10.2 Å². The summed E-state index contributed by atoms with van der Waals surface area (Å²) in [5.74, 6) is 0.0648. The molecule has 49 valence electrons. The van der Waals surface area contributed by atoms with E-state index in [9.17, 15) is 0 Å². The van der Waals surface area contributed by atoms with Gasteiger partial charge in [-0.25, -0.2) is 0 Å². The molecule has 1 unspecified atom stereocenters.